The minimum atomic E-state index is -0.646. The molecule has 0 radical (unpaired) electrons. The molecule has 0 spiro atoms. The van der Waals surface area contributed by atoms with E-state index in [1.165, 1.54) is 11.3 Å². The average Bonchev–Trinajstić information content (AvgIpc) is 3.22. The third-order valence-electron chi connectivity index (χ3n) is 5.20. The number of hydrogen-bond acceptors (Lipinski definition) is 8. The van der Waals surface area contributed by atoms with Crippen molar-refractivity contribution in [2.45, 2.75) is 26.5 Å². The standard InChI is InChI=1S/C25H33N3O5S/c1-6-9-33-14-18(29)12-28(11-16(2)3)13-22-26-24(30)23-19(15-34-25(23)27-22)17-7-8-20(31-4)21(10-17)32-5/h6-8,10,15-16,18,29H,1,9,11-14H2,2-5H3,(H,26,27,30)/t18-/m0/s1. The number of rotatable bonds is 13. The number of nitrogens with zero attached hydrogens (tertiary/aromatic N) is 2. The molecule has 9 heteroatoms. The molecule has 8 nitrogen and oxygen atoms in total. The fourth-order valence-electron chi connectivity index (χ4n) is 3.85. The summed E-state index contributed by atoms with van der Waals surface area (Å²) < 4.78 is 16.1. The lowest BCUT2D eigenvalue weighted by Gasteiger charge is -2.26. The quantitative estimate of drug-likeness (QED) is 0.280. The normalized spacial score (nSPS) is 12.4. The van der Waals surface area contributed by atoms with Crippen molar-refractivity contribution in [2.24, 2.45) is 5.92 Å². The number of fused-ring (bicyclic) bond motifs is 1. The maximum absolute atomic E-state index is 13.1. The maximum Gasteiger partial charge on any atom is 0.260 e. The van der Waals surface area contributed by atoms with Crippen LogP contribution >= 0.6 is 11.3 Å². The molecule has 0 fully saturated rings. The zero-order valence-corrected chi connectivity index (χ0v) is 21.0. The fraction of sp³-hybridized carbons (Fsp3) is 0.440. The Morgan fingerprint density at radius 1 is 1.24 bits per heavy atom. The van der Waals surface area contributed by atoms with E-state index in [1.807, 2.05) is 23.6 Å². The van der Waals surface area contributed by atoms with Gasteiger partial charge in [-0.1, -0.05) is 26.0 Å². The molecular formula is C25H33N3O5S. The molecule has 0 saturated carbocycles. The second kappa shape index (κ2) is 12.1. The Morgan fingerprint density at radius 2 is 2.00 bits per heavy atom. The second-order valence-electron chi connectivity index (χ2n) is 8.48. The molecular weight excluding hydrogens is 454 g/mol. The Hall–Kier alpha value is -2.72. The third-order valence-corrected chi connectivity index (χ3v) is 6.07. The van der Waals surface area contributed by atoms with Crippen LogP contribution in [0.25, 0.3) is 21.3 Å². The molecule has 34 heavy (non-hydrogen) atoms. The number of aromatic amines is 1. The maximum atomic E-state index is 13.1. The predicted octanol–water partition coefficient (Wildman–Crippen LogP) is 3.69. The molecule has 1 aromatic carbocycles. The molecule has 2 N–H and O–H groups in total. The number of hydrogen-bond donors (Lipinski definition) is 2. The molecule has 1 atom stereocenters. The molecule has 0 unspecified atom stereocenters. The highest BCUT2D eigenvalue weighted by atomic mass is 32.1. The predicted molar refractivity (Wildman–Crippen MR) is 136 cm³/mol. The summed E-state index contributed by atoms with van der Waals surface area (Å²) >= 11 is 1.43. The highest BCUT2D eigenvalue weighted by molar-refractivity contribution is 7.17. The van der Waals surface area contributed by atoms with E-state index >= 15 is 0 Å². The monoisotopic (exact) mass is 487 g/mol. The lowest BCUT2D eigenvalue weighted by atomic mass is 10.1. The Balaban J connectivity index is 1.85. The smallest absolute Gasteiger partial charge is 0.260 e. The van der Waals surface area contributed by atoms with Crippen LogP contribution in [0.1, 0.15) is 19.7 Å². The molecule has 3 aromatic rings. The zero-order valence-electron chi connectivity index (χ0n) is 20.2. The summed E-state index contributed by atoms with van der Waals surface area (Å²) in [6.45, 7) is 10.1. The fourth-order valence-corrected chi connectivity index (χ4v) is 4.82. The van der Waals surface area contributed by atoms with Gasteiger partial charge >= 0.3 is 0 Å². The van der Waals surface area contributed by atoms with E-state index in [-0.39, 0.29) is 12.2 Å². The van der Waals surface area contributed by atoms with E-state index in [0.717, 1.165) is 17.7 Å². The van der Waals surface area contributed by atoms with Gasteiger partial charge in [-0.15, -0.1) is 17.9 Å². The van der Waals surface area contributed by atoms with Crippen molar-refractivity contribution in [3.63, 3.8) is 0 Å². The van der Waals surface area contributed by atoms with Crippen LogP contribution in [0, 0.1) is 5.92 Å². The lowest BCUT2D eigenvalue weighted by molar-refractivity contribution is 0.0218. The summed E-state index contributed by atoms with van der Waals surface area (Å²) in [5.41, 5.74) is 1.47. The molecule has 3 rings (SSSR count). The van der Waals surface area contributed by atoms with Crippen molar-refractivity contribution < 1.29 is 19.3 Å². The molecule has 0 saturated heterocycles. The topological polar surface area (TPSA) is 96.9 Å². The lowest BCUT2D eigenvalue weighted by Crippen LogP contribution is -2.37. The first-order valence-corrected chi connectivity index (χ1v) is 12.1. The van der Waals surface area contributed by atoms with Gasteiger partial charge in [0.2, 0.25) is 0 Å². The first kappa shape index (κ1) is 25.9. The molecule has 184 valence electrons. The van der Waals surface area contributed by atoms with Crippen LogP contribution in [0.4, 0.5) is 0 Å². The Morgan fingerprint density at radius 3 is 2.68 bits per heavy atom. The number of nitrogens with one attached hydrogen (secondary N) is 1. The van der Waals surface area contributed by atoms with E-state index < -0.39 is 6.10 Å². The van der Waals surface area contributed by atoms with Crippen LogP contribution in [0.15, 0.2) is 41.0 Å². The molecule has 0 aliphatic carbocycles. The minimum absolute atomic E-state index is 0.189. The van der Waals surface area contributed by atoms with Crippen molar-refractivity contribution in [3.05, 3.63) is 52.4 Å². The molecule has 0 bridgehead atoms. The second-order valence-corrected chi connectivity index (χ2v) is 9.34. The first-order chi connectivity index (χ1) is 16.4. The summed E-state index contributed by atoms with van der Waals surface area (Å²) in [5, 5.41) is 12.8. The van der Waals surface area contributed by atoms with Gasteiger partial charge < -0.3 is 24.3 Å². The van der Waals surface area contributed by atoms with Crippen molar-refractivity contribution in [1.29, 1.82) is 0 Å². The van der Waals surface area contributed by atoms with Gasteiger partial charge in [-0.05, 0) is 23.6 Å². The van der Waals surface area contributed by atoms with E-state index in [4.69, 9.17) is 19.2 Å². The van der Waals surface area contributed by atoms with Crippen molar-refractivity contribution in [2.75, 3.05) is 40.5 Å². The highest BCUT2D eigenvalue weighted by Gasteiger charge is 2.18. The summed E-state index contributed by atoms with van der Waals surface area (Å²) in [6, 6.07) is 5.58. The van der Waals surface area contributed by atoms with Crippen molar-refractivity contribution >= 4 is 21.6 Å². The molecule has 2 heterocycles. The van der Waals surface area contributed by atoms with Gasteiger partial charge in [-0.25, -0.2) is 4.98 Å². The number of thiophene rings is 1. The number of methoxy groups -OCH3 is 2. The number of aliphatic hydroxyl groups is 1. The van der Waals surface area contributed by atoms with E-state index in [9.17, 15) is 9.90 Å². The first-order valence-electron chi connectivity index (χ1n) is 11.2. The number of ether oxygens (including phenoxy) is 3. The number of aliphatic hydroxyl groups excluding tert-OH is 1. The summed E-state index contributed by atoms with van der Waals surface area (Å²) in [5.74, 6) is 2.18. The zero-order chi connectivity index (χ0) is 24.7. The van der Waals surface area contributed by atoms with Gasteiger partial charge in [0.15, 0.2) is 11.5 Å². The van der Waals surface area contributed by atoms with E-state index in [0.29, 0.717) is 53.2 Å². The summed E-state index contributed by atoms with van der Waals surface area (Å²) in [4.78, 5) is 23.5. The number of H-pyrrole nitrogens is 1. The van der Waals surface area contributed by atoms with Gasteiger partial charge in [-0.3, -0.25) is 9.69 Å². The van der Waals surface area contributed by atoms with Crippen LogP contribution in [0.5, 0.6) is 11.5 Å². The third kappa shape index (κ3) is 6.44. The average molecular weight is 488 g/mol. The van der Waals surface area contributed by atoms with Crippen LogP contribution < -0.4 is 15.0 Å². The Kier molecular flexibility index (Phi) is 9.23. The van der Waals surface area contributed by atoms with Gasteiger partial charge in [0, 0.05) is 24.0 Å². The van der Waals surface area contributed by atoms with Gasteiger partial charge in [0.05, 0.1) is 45.5 Å². The van der Waals surface area contributed by atoms with Gasteiger partial charge in [-0.2, -0.15) is 0 Å². The minimum Gasteiger partial charge on any atom is -0.493 e. The van der Waals surface area contributed by atoms with Crippen molar-refractivity contribution in [1.82, 2.24) is 14.9 Å². The highest BCUT2D eigenvalue weighted by Crippen LogP contribution is 2.36. The van der Waals surface area contributed by atoms with Crippen LogP contribution in [0.3, 0.4) is 0 Å². The summed E-state index contributed by atoms with van der Waals surface area (Å²) in [7, 11) is 3.17. The van der Waals surface area contributed by atoms with Gasteiger partial charge in [0.1, 0.15) is 10.7 Å². The van der Waals surface area contributed by atoms with Crippen LogP contribution in [0.2, 0.25) is 0 Å². The summed E-state index contributed by atoms with van der Waals surface area (Å²) in [6.07, 6.45) is 1.01. The number of benzene rings is 1. The molecule has 0 amide bonds. The van der Waals surface area contributed by atoms with Crippen LogP contribution in [-0.2, 0) is 11.3 Å². The Labute approximate surface area is 203 Å². The van der Waals surface area contributed by atoms with E-state index in [2.05, 4.69) is 30.3 Å². The van der Waals surface area contributed by atoms with Crippen molar-refractivity contribution in [3.8, 4) is 22.6 Å². The van der Waals surface area contributed by atoms with Crippen LogP contribution in [-0.4, -0.2) is 66.6 Å². The largest absolute Gasteiger partial charge is 0.493 e. The van der Waals surface area contributed by atoms with Gasteiger partial charge in [0.25, 0.3) is 5.56 Å². The molecule has 0 aliphatic heterocycles. The molecule has 0 aliphatic rings. The molecule has 2 aromatic heterocycles. The number of aromatic nitrogens is 2. The SMILES string of the molecule is C=CCOC[C@@H](O)CN(Cc1nc2scc(-c3ccc(OC)c(OC)c3)c2c(=O)[nH]1)CC(C)C. The van der Waals surface area contributed by atoms with E-state index in [1.54, 1.807) is 20.3 Å². The Bertz CT molecular complexity index is 1160.